The number of amides is 2. The van der Waals surface area contributed by atoms with Gasteiger partial charge in [0.2, 0.25) is 5.91 Å². The second kappa shape index (κ2) is 9.29. The Hall–Kier alpha value is -3.57. The van der Waals surface area contributed by atoms with Gasteiger partial charge in [-0.3, -0.25) is 9.59 Å². The Kier molecular flexibility index (Phi) is 6.11. The van der Waals surface area contributed by atoms with E-state index < -0.39 is 0 Å². The minimum atomic E-state index is -0.162. The molecule has 0 heterocycles. The van der Waals surface area contributed by atoms with Gasteiger partial charge in [-0.25, -0.2) is 0 Å². The summed E-state index contributed by atoms with van der Waals surface area (Å²) in [7, 11) is 0. The van der Waals surface area contributed by atoms with E-state index in [-0.39, 0.29) is 17.6 Å². The first kappa shape index (κ1) is 19.7. The minimum Gasteiger partial charge on any atom is -0.325 e. The maximum Gasteiger partial charge on any atom is 0.255 e. The van der Waals surface area contributed by atoms with E-state index in [0.717, 1.165) is 21.4 Å². The SMILES string of the molecule is O=C(CSc1cccc(NC(=O)c2ccc3ccccc3c2)c1)Nc1ccccc1. The van der Waals surface area contributed by atoms with Gasteiger partial charge in [0.15, 0.2) is 0 Å². The number of hydrogen-bond donors (Lipinski definition) is 2. The average molecular weight is 413 g/mol. The Morgan fingerprint density at radius 2 is 1.40 bits per heavy atom. The number of hydrogen-bond acceptors (Lipinski definition) is 3. The second-order valence-corrected chi connectivity index (χ2v) is 7.80. The van der Waals surface area contributed by atoms with Crippen LogP contribution < -0.4 is 10.6 Å². The summed E-state index contributed by atoms with van der Waals surface area (Å²) in [6.07, 6.45) is 0. The number of carbonyl (C=O) groups is 2. The molecule has 0 spiro atoms. The van der Waals surface area contributed by atoms with Gasteiger partial charge >= 0.3 is 0 Å². The number of carbonyl (C=O) groups excluding carboxylic acids is 2. The highest BCUT2D eigenvalue weighted by atomic mass is 32.2. The molecule has 2 N–H and O–H groups in total. The van der Waals surface area contributed by atoms with Crippen molar-refractivity contribution in [2.45, 2.75) is 4.90 Å². The fourth-order valence-electron chi connectivity index (χ4n) is 3.06. The Morgan fingerprint density at radius 1 is 0.667 bits per heavy atom. The first-order valence-corrected chi connectivity index (χ1v) is 10.5. The van der Waals surface area contributed by atoms with Crippen molar-refractivity contribution >= 4 is 45.7 Å². The van der Waals surface area contributed by atoms with Crippen LogP contribution >= 0.6 is 11.8 Å². The molecule has 0 aromatic heterocycles. The van der Waals surface area contributed by atoms with Crippen molar-refractivity contribution in [1.29, 1.82) is 0 Å². The predicted octanol–water partition coefficient (Wildman–Crippen LogP) is 5.82. The number of nitrogens with one attached hydrogen (secondary N) is 2. The lowest BCUT2D eigenvalue weighted by Crippen LogP contribution is -2.14. The quantitative estimate of drug-likeness (QED) is 0.392. The molecule has 0 aliphatic rings. The van der Waals surface area contributed by atoms with Gasteiger partial charge < -0.3 is 10.6 Å². The van der Waals surface area contributed by atoms with Crippen LogP contribution in [0.15, 0.2) is 102 Å². The van der Waals surface area contributed by atoms with Crippen LogP contribution in [0.25, 0.3) is 10.8 Å². The van der Waals surface area contributed by atoms with Crippen LogP contribution in [0.5, 0.6) is 0 Å². The normalized spacial score (nSPS) is 10.5. The summed E-state index contributed by atoms with van der Waals surface area (Å²) in [5, 5.41) is 7.93. The Labute approximate surface area is 179 Å². The topological polar surface area (TPSA) is 58.2 Å². The van der Waals surface area contributed by atoms with Crippen molar-refractivity contribution in [1.82, 2.24) is 0 Å². The first-order chi connectivity index (χ1) is 14.7. The lowest BCUT2D eigenvalue weighted by atomic mass is 10.1. The third kappa shape index (κ3) is 5.07. The van der Waals surface area contributed by atoms with E-state index in [9.17, 15) is 9.59 Å². The van der Waals surface area contributed by atoms with Gasteiger partial charge in [0.05, 0.1) is 5.75 Å². The minimum absolute atomic E-state index is 0.0724. The smallest absolute Gasteiger partial charge is 0.255 e. The molecule has 5 heteroatoms. The van der Waals surface area contributed by atoms with Crippen molar-refractivity contribution in [3.8, 4) is 0 Å². The molecular weight excluding hydrogens is 392 g/mol. The summed E-state index contributed by atoms with van der Waals surface area (Å²) in [5.41, 5.74) is 2.08. The van der Waals surface area contributed by atoms with Gasteiger partial charge in [0, 0.05) is 21.8 Å². The lowest BCUT2D eigenvalue weighted by molar-refractivity contribution is -0.113. The highest BCUT2D eigenvalue weighted by Gasteiger charge is 2.08. The van der Waals surface area contributed by atoms with Crippen molar-refractivity contribution in [3.05, 3.63) is 103 Å². The van der Waals surface area contributed by atoms with Crippen LogP contribution in [0, 0.1) is 0 Å². The summed E-state index contributed by atoms with van der Waals surface area (Å²) in [6, 6.07) is 30.5. The highest BCUT2D eigenvalue weighted by Crippen LogP contribution is 2.23. The molecular formula is C25H20N2O2S. The molecule has 0 unspecified atom stereocenters. The lowest BCUT2D eigenvalue weighted by Gasteiger charge is -2.09. The summed E-state index contributed by atoms with van der Waals surface area (Å²) >= 11 is 1.42. The van der Waals surface area contributed by atoms with Gasteiger partial charge in [-0.05, 0) is 53.2 Å². The Bertz CT molecular complexity index is 1190. The first-order valence-electron chi connectivity index (χ1n) is 9.55. The number of thioether (sulfide) groups is 1. The zero-order chi connectivity index (χ0) is 20.8. The van der Waals surface area contributed by atoms with E-state index in [1.807, 2.05) is 97.1 Å². The number of para-hydroxylation sites is 1. The van der Waals surface area contributed by atoms with Crippen molar-refractivity contribution in [2.75, 3.05) is 16.4 Å². The number of rotatable bonds is 6. The fraction of sp³-hybridized carbons (Fsp3) is 0.0400. The van der Waals surface area contributed by atoms with E-state index in [0.29, 0.717) is 11.3 Å². The van der Waals surface area contributed by atoms with Crippen LogP contribution in [-0.4, -0.2) is 17.6 Å². The molecule has 0 saturated carbocycles. The van der Waals surface area contributed by atoms with E-state index in [2.05, 4.69) is 10.6 Å². The third-order valence-electron chi connectivity index (χ3n) is 4.53. The largest absolute Gasteiger partial charge is 0.325 e. The Morgan fingerprint density at radius 3 is 2.23 bits per heavy atom. The molecule has 0 aliphatic carbocycles. The van der Waals surface area contributed by atoms with E-state index in [4.69, 9.17) is 0 Å². The number of anilines is 2. The summed E-state index contributed by atoms with van der Waals surface area (Å²) in [5.74, 6) is 0.0540. The van der Waals surface area contributed by atoms with Crippen molar-refractivity contribution < 1.29 is 9.59 Å². The monoisotopic (exact) mass is 412 g/mol. The van der Waals surface area contributed by atoms with E-state index >= 15 is 0 Å². The molecule has 4 aromatic rings. The standard InChI is InChI=1S/C25H20N2O2S/c28-24(26-21-9-2-1-3-10-21)17-30-23-12-6-11-22(16-23)27-25(29)20-14-13-18-7-4-5-8-19(18)15-20/h1-16H,17H2,(H,26,28)(H,27,29). The van der Waals surface area contributed by atoms with Crippen molar-refractivity contribution in [2.24, 2.45) is 0 Å². The molecule has 4 nitrogen and oxygen atoms in total. The Balaban J connectivity index is 1.37. The van der Waals surface area contributed by atoms with E-state index in [1.165, 1.54) is 11.8 Å². The number of benzene rings is 4. The molecule has 0 radical (unpaired) electrons. The summed E-state index contributed by atoms with van der Waals surface area (Å²) in [6.45, 7) is 0. The van der Waals surface area contributed by atoms with Gasteiger partial charge in [-0.2, -0.15) is 0 Å². The molecule has 4 aromatic carbocycles. The predicted molar refractivity (Wildman–Crippen MR) is 124 cm³/mol. The summed E-state index contributed by atoms with van der Waals surface area (Å²) < 4.78 is 0. The zero-order valence-electron chi connectivity index (χ0n) is 16.2. The maximum atomic E-state index is 12.7. The molecule has 0 saturated heterocycles. The van der Waals surface area contributed by atoms with Crippen LogP contribution in [-0.2, 0) is 4.79 Å². The zero-order valence-corrected chi connectivity index (χ0v) is 17.0. The van der Waals surface area contributed by atoms with Gasteiger partial charge in [-0.15, -0.1) is 11.8 Å². The van der Waals surface area contributed by atoms with Crippen LogP contribution in [0.4, 0.5) is 11.4 Å². The molecule has 148 valence electrons. The van der Waals surface area contributed by atoms with Gasteiger partial charge in [0.25, 0.3) is 5.91 Å². The molecule has 0 bridgehead atoms. The number of fused-ring (bicyclic) bond motifs is 1. The molecule has 4 rings (SSSR count). The van der Waals surface area contributed by atoms with Crippen LogP contribution in [0.3, 0.4) is 0 Å². The summed E-state index contributed by atoms with van der Waals surface area (Å²) in [4.78, 5) is 25.7. The molecule has 0 aliphatic heterocycles. The average Bonchev–Trinajstić information content (AvgIpc) is 2.78. The highest BCUT2D eigenvalue weighted by molar-refractivity contribution is 8.00. The maximum absolute atomic E-state index is 12.7. The fourth-order valence-corrected chi connectivity index (χ4v) is 3.82. The van der Waals surface area contributed by atoms with Crippen LogP contribution in [0.2, 0.25) is 0 Å². The van der Waals surface area contributed by atoms with Gasteiger partial charge in [-0.1, -0.05) is 54.6 Å². The third-order valence-corrected chi connectivity index (χ3v) is 5.52. The van der Waals surface area contributed by atoms with Crippen LogP contribution in [0.1, 0.15) is 10.4 Å². The second-order valence-electron chi connectivity index (χ2n) is 6.75. The van der Waals surface area contributed by atoms with Gasteiger partial charge in [0.1, 0.15) is 0 Å². The molecule has 2 amide bonds. The van der Waals surface area contributed by atoms with Crippen molar-refractivity contribution in [3.63, 3.8) is 0 Å². The molecule has 0 fully saturated rings. The molecule has 0 atom stereocenters. The van der Waals surface area contributed by atoms with E-state index in [1.54, 1.807) is 0 Å². The molecule has 30 heavy (non-hydrogen) atoms.